The molecule has 22 heavy (non-hydrogen) atoms. The number of benzene rings is 1. The van der Waals surface area contributed by atoms with E-state index in [0.29, 0.717) is 17.0 Å². The maximum absolute atomic E-state index is 12.6. The van der Waals surface area contributed by atoms with Gasteiger partial charge in [-0.1, -0.05) is 6.07 Å². The predicted molar refractivity (Wildman–Crippen MR) is 75.4 cm³/mol. The highest BCUT2D eigenvalue weighted by Gasteiger charge is 2.30. The summed E-state index contributed by atoms with van der Waals surface area (Å²) in [4.78, 5) is 4.17. The molecule has 114 valence electrons. The van der Waals surface area contributed by atoms with Crippen molar-refractivity contribution in [1.82, 2.24) is 9.38 Å². The van der Waals surface area contributed by atoms with E-state index in [1.54, 1.807) is 28.9 Å². The van der Waals surface area contributed by atoms with Crippen LogP contribution in [0.25, 0.3) is 5.65 Å². The van der Waals surface area contributed by atoms with Crippen LogP contribution in [0.1, 0.15) is 11.3 Å². The molecule has 0 aliphatic rings. The van der Waals surface area contributed by atoms with Gasteiger partial charge in [-0.3, -0.25) is 0 Å². The van der Waals surface area contributed by atoms with Crippen LogP contribution in [0.5, 0.6) is 5.75 Å². The number of alkyl halides is 3. The normalized spacial score (nSPS) is 11.8. The third-order valence-electron chi connectivity index (χ3n) is 3.16. The van der Waals surface area contributed by atoms with Crippen LogP contribution >= 0.6 is 0 Å². The fourth-order valence-electron chi connectivity index (χ4n) is 2.08. The highest BCUT2D eigenvalue weighted by atomic mass is 19.4. The van der Waals surface area contributed by atoms with Crippen LogP contribution in [0.3, 0.4) is 0 Å². The molecular weight excluding hydrogens is 295 g/mol. The molecule has 0 saturated carbocycles. The van der Waals surface area contributed by atoms with Crippen molar-refractivity contribution in [1.29, 1.82) is 0 Å². The first-order valence-corrected chi connectivity index (χ1v) is 6.45. The Hall–Kier alpha value is -2.70. The fourth-order valence-corrected chi connectivity index (χ4v) is 2.08. The molecule has 0 fully saturated rings. The molecule has 0 aliphatic carbocycles. The molecule has 0 unspecified atom stereocenters. The van der Waals surface area contributed by atoms with Crippen molar-refractivity contribution >= 4 is 11.3 Å². The van der Waals surface area contributed by atoms with Gasteiger partial charge in [-0.25, -0.2) is 4.98 Å². The Morgan fingerprint density at radius 2 is 2.00 bits per heavy atom. The Bertz CT molecular complexity index is 811. The Morgan fingerprint density at radius 3 is 2.77 bits per heavy atom. The van der Waals surface area contributed by atoms with Crippen LogP contribution in [0.4, 0.5) is 18.9 Å². The van der Waals surface area contributed by atoms with Gasteiger partial charge in [0, 0.05) is 18.0 Å². The molecule has 2 N–H and O–H groups in total. The second kappa shape index (κ2) is 5.25. The first-order valence-electron chi connectivity index (χ1n) is 6.45. The largest absolute Gasteiger partial charge is 0.487 e. The first-order chi connectivity index (χ1) is 10.4. The lowest BCUT2D eigenvalue weighted by Crippen LogP contribution is -2.05. The first kappa shape index (κ1) is 14.2. The number of halogens is 3. The molecule has 1 aromatic carbocycles. The molecule has 3 rings (SSSR count). The summed E-state index contributed by atoms with van der Waals surface area (Å²) in [5, 5.41) is 0. The molecule has 4 nitrogen and oxygen atoms in total. The third kappa shape index (κ3) is 2.83. The van der Waals surface area contributed by atoms with Crippen molar-refractivity contribution in [2.75, 3.05) is 5.73 Å². The average Bonchev–Trinajstić information content (AvgIpc) is 2.86. The molecule has 0 atom stereocenters. The van der Waals surface area contributed by atoms with Gasteiger partial charge >= 0.3 is 6.18 Å². The molecule has 0 amide bonds. The van der Waals surface area contributed by atoms with E-state index in [2.05, 4.69) is 4.98 Å². The standard InChI is InChI=1S/C15H12F3N3O/c16-15(17,18)10-2-1-3-13(6-10)22-9-12-8-20-14-7-11(19)4-5-21(12)14/h1-8H,9,19H2. The second-order valence-corrected chi connectivity index (χ2v) is 4.75. The lowest BCUT2D eigenvalue weighted by Gasteiger charge is -2.10. The monoisotopic (exact) mass is 307 g/mol. The zero-order valence-electron chi connectivity index (χ0n) is 11.3. The summed E-state index contributed by atoms with van der Waals surface area (Å²) in [5.74, 6) is 0.153. The maximum Gasteiger partial charge on any atom is 0.416 e. The minimum absolute atomic E-state index is 0.104. The second-order valence-electron chi connectivity index (χ2n) is 4.75. The van der Waals surface area contributed by atoms with Gasteiger partial charge in [0.25, 0.3) is 0 Å². The Balaban J connectivity index is 1.80. The molecule has 0 radical (unpaired) electrons. The highest BCUT2D eigenvalue weighted by Crippen LogP contribution is 2.31. The summed E-state index contributed by atoms with van der Waals surface area (Å²) >= 11 is 0. The number of nitrogens with zero attached hydrogens (tertiary/aromatic N) is 2. The van der Waals surface area contributed by atoms with Crippen molar-refractivity contribution in [3.8, 4) is 5.75 Å². The zero-order chi connectivity index (χ0) is 15.7. The minimum Gasteiger partial charge on any atom is -0.487 e. The summed E-state index contributed by atoms with van der Waals surface area (Å²) in [6, 6.07) is 8.19. The van der Waals surface area contributed by atoms with Crippen molar-refractivity contribution in [3.05, 3.63) is 60.0 Å². The van der Waals surface area contributed by atoms with E-state index >= 15 is 0 Å². The molecule has 0 spiro atoms. The molecule has 0 aliphatic heterocycles. The Kier molecular flexibility index (Phi) is 3.40. The van der Waals surface area contributed by atoms with Crippen molar-refractivity contribution < 1.29 is 17.9 Å². The minimum atomic E-state index is -4.39. The molecule has 2 aromatic heterocycles. The van der Waals surface area contributed by atoms with Gasteiger partial charge in [-0.05, 0) is 24.3 Å². The number of hydrogen-bond donors (Lipinski definition) is 1. The van der Waals surface area contributed by atoms with Gasteiger partial charge in [-0.15, -0.1) is 0 Å². The number of anilines is 1. The van der Waals surface area contributed by atoms with Gasteiger partial charge in [0.05, 0.1) is 17.5 Å². The van der Waals surface area contributed by atoms with Crippen LogP contribution in [0, 0.1) is 0 Å². The van der Waals surface area contributed by atoms with Gasteiger partial charge in [0.15, 0.2) is 0 Å². The smallest absolute Gasteiger partial charge is 0.416 e. The summed E-state index contributed by atoms with van der Waals surface area (Å²) in [6.45, 7) is 0.104. The lowest BCUT2D eigenvalue weighted by molar-refractivity contribution is -0.137. The van der Waals surface area contributed by atoms with Crippen LogP contribution in [0.2, 0.25) is 0 Å². The number of imidazole rings is 1. The number of nitrogens with two attached hydrogens (primary N) is 1. The number of ether oxygens (including phenoxy) is 1. The van der Waals surface area contributed by atoms with Crippen LogP contribution in [-0.4, -0.2) is 9.38 Å². The molecule has 0 saturated heterocycles. The Morgan fingerprint density at radius 1 is 1.18 bits per heavy atom. The molecule has 2 heterocycles. The number of fused-ring (bicyclic) bond motifs is 1. The Labute approximate surface area is 124 Å². The van der Waals surface area contributed by atoms with Crippen molar-refractivity contribution in [2.45, 2.75) is 12.8 Å². The quantitative estimate of drug-likeness (QED) is 0.805. The zero-order valence-corrected chi connectivity index (χ0v) is 11.3. The summed E-state index contributed by atoms with van der Waals surface area (Å²) in [6.07, 6.45) is -1.05. The van der Waals surface area contributed by atoms with Crippen LogP contribution in [-0.2, 0) is 12.8 Å². The van der Waals surface area contributed by atoms with Gasteiger partial charge in [0.1, 0.15) is 18.0 Å². The maximum atomic E-state index is 12.6. The lowest BCUT2D eigenvalue weighted by atomic mass is 10.2. The van der Waals surface area contributed by atoms with Crippen molar-refractivity contribution in [3.63, 3.8) is 0 Å². The summed E-state index contributed by atoms with van der Waals surface area (Å²) < 4.78 is 45.1. The molecule has 7 heteroatoms. The van der Waals surface area contributed by atoms with E-state index in [1.165, 1.54) is 12.1 Å². The number of pyridine rings is 1. The molecular formula is C15H12F3N3O. The van der Waals surface area contributed by atoms with Crippen LogP contribution < -0.4 is 10.5 Å². The summed E-state index contributed by atoms with van der Waals surface area (Å²) in [5.41, 5.74) is 6.88. The fraction of sp³-hybridized carbons (Fsp3) is 0.133. The highest BCUT2D eigenvalue weighted by molar-refractivity contribution is 5.52. The topological polar surface area (TPSA) is 52.5 Å². The van der Waals surface area contributed by atoms with E-state index in [9.17, 15) is 13.2 Å². The van der Waals surface area contributed by atoms with E-state index < -0.39 is 11.7 Å². The number of rotatable bonds is 3. The SMILES string of the molecule is Nc1ccn2c(COc3cccc(C(F)(F)F)c3)cnc2c1. The van der Waals surface area contributed by atoms with E-state index in [1.807, 2.05) is 0 Å². The van der Waals surface area contributed by atoms with Gasteiger partial charge in [0.2, 0.25) is 0 Å². The summed E-state index contributed by atoms with van der Waals surface area (Å²) in [7, 11) is 0. The van der Waals surface area contributed by atoms with E-state index in [4.69, 9.17) is 10.5 Å². The number of aromatic nitrogens is 2. The number of nitrogen functional groups attached to an aromatic ring is 1. The average molecular weight is 307 g/mol. The van der Waals surface area contributed by atoms with Crippen molar-refractivity contribution in [2.24, 2.45) is 0 Å². The predicted octanol–water partition coefficient (Wildman–Crippen LogP) is 3.51. The van der Waals surface area contributed by atoms with E-state index in [0.717, 1.165) is 12.1 Å². The van der Waals surface area contributed by atoms with E-state index in [-0.39, 0.29) is 12.4 Å². The van der Waals surface area contributed by atoms with Gasteiger partial charge in [-0.2, -0.15) is 13.2 Å². The van der Waals surface area contributed by atoms with Gasteiger partial charge < -0.3 is 14.9 Å². The van der Waals surface area contributed by atoms with Crippen LogP contribution in [0.15, 0.2) is 48.8 Å². The number of hydrogen-bond acceptors (Lipinski definition) is 3. The molecule has 3 aromatic rings. The third-order valence-corrected chi connectivity index (χ3v) is 3.16. The molecule has 0 bridgehead atoms.